The van der Waals surface area contributed by atoms with Crippen LogP contribution in [0.2, 0.25) is 0 Å². The van der Waals surface area contributed by atoms with Crippen molar-refractivity contribution in [1.82, 2.24) is 21.2 Å². The van der Waals surface area contributed by atoms with Gasteiger partial charge in [-0.25, -0.2) is 5.48 Å². The van der Waals surface area contributed by atoms with Gasteiger partial charge in [0.25, 0.3) is 5.91 Å². The highest BCUT2D eigenvalue weighted by molar-refractivity contribution is 7.80. The summed E-state index contributed by atoms with van der Waals surface area (Å²) >= 11 is 5.03. The lowest BCUT2D eigenvalue weighted by Gasteiger charge is -2.28. The average molecular weight is 421 g/mol. The minimum Gasteiger partial charge on any atom is -0.352 e. The van der Waals surface area contributed by atoms with Crippen molar-refractivity contribution in [3.8, 4) is 0 Å². The summed E-state index contributed by atoms with van der Waals surface area (Å²) in [6.07, 6.45) is 2.28. The van der Waals surface area contributed by atoms with Crippen molar-refractivity contribution >= 4 is 35.1 Å². The van der Waals surface area contributed by atoms with Gasteiger partial charge < -0.3 is 5.32 Å². The Morgan fingerprint density at radius 3 is 2.45 bits per heavy atom. The second kappa shape index (κ2) is 10.9. The summed E-state index contributed by atoms with van der Waals surface area (Å²) in [5.74, 6) is -2.75. The maximum Gasteiger partial charge on any atom is 0.267 e. The Morgan fingerprint density at radius 2 is 1.90 bits per heavy atom. The SMILES string of the molecule is CC(C)C[C@@H](C(=O)NN1C(=O)CNC1=S)[C@H](CCCc1ccccc1)C(=O)NO. The summed E-state index contributed by atoms with van der Waals surface area (Å²) in [6.45, 7) is 3.92. The zero-order chi connectivity index (χ0) is 21.4. The third-order valence-electron chi connectivity index (χ3n) is 4.88. The molecule has 1 saturated heterocycles. The highest BCUT2D eigenvalue weighted by atomic mass is 32.1. The Kier molecular flexibility index (Phi) is 8.53. The molecule has 4 N–H and O–H groups in total. The van der Waals surface area contributed by atoms with E-state index in [2.05, 4.69) is 10.7 Å². The fourth-order valence-electron chi connectivity index (χ4n) is 3.46. The molecule has 1 aliphatic heterocycles. The van der Waals surface area contributed by atoms with Gasteiger partial charge in [-0.2, -0.15) is 5.01 Å². The molecule has 0 saturated carbocycles. The summed E-state index contributed by atoms with van der Waals surface area (Å²) < 4.78 is 0. The minimum absolute atomic E-state index is 0.0194. The number of benzene rings is 1. The quantitative estimate of drug-likeness (QED) is 0.260. The maximum absolute atomic E-state index is 13.0. The summed E-state index contributed by atoms with van der Waals surface area (Å²) in [7, 11) is 0. The summed E-state index contributed by atoms with van der Waals surface area (Å²) in [5.41, 5.74) is 5.37. The zero-order valence-corrected chi connectivity index (χ0v) is 17.5. The van der Waals surface area contributed by atoms with Gasteiger partial charge in [-0.15, -0.1) is 0 Å². The first-order valence-corrected chi connectivity index (χ1v) is 10.1. The van der Waals surface area contributed by atoms with Crippen molar-refractivity contribution < 1.29 is 19.6 Å². The highest BCUT2D eigenvalue weighted by Crippen LogP contribution is 2.26. The molecular weight excluding hydrogens is 392 g/mol. The van der Waals surface area contributed by atoms with E-state index in [-0.39, 0.29) is 23.5 Å². The van der Waals surface area contributed by atoms with Gasteiger partial charge in [-0.3, -0.25) is 25.0 Å². The van der Waals surface area contributed by atoms with Crippen LogP contribution in [0.3, 0.4) is 0 Å². The molecule has 158 valence electrons. The Bertz CT molecular complexity index is 725. The second-order valence-electron chi connectivity index (χ2n) is 7.56. The van der Waals surface area contributed by atoms with Crippen LogP contribution in [0.4, 0.5) is 0 Å². The van der Waals surface area contributed by atoms with Gasteiger partial charge in [0.05, 0.1) is 18.4 Å². The molecule has 1 heterocycles. The highest BCUT2D eigenvalue weighted by Gasteiger charge is 2.36. The molecule has 0 bridgehead atoms. The molecular formula is C20H28N4O4S. The number of carbonyl (C=O) groups is 3. The Hall–Kier alpha value is -2.52. The smallest absolute Gasteiger partial charge is 0.267 e. The number of nitrogens with one attached hydrogen (secondary N) is 3. The number of hydroxylamine groups is 1. The molecule has 29 heavy (non-hydrogen) atoms. The molecule has 0 aromatic heterocycles. The number of rotatable bonds is 10. The molecule has 0 spiro atoms. The number of hydrogen-bond donors (Lipinski definition) is 4. The summed E-state index contributed by atoms with van der Waals surface area (Å²) in [4.78, 5) is 37.3. The van der Waals surface area contributed by atoms with Gasteiger partial charge in [0.1, 0.15) is 0 Å². The lowest BCUT2D eigenvalue weighted by molar-refractivity contribution is -0.144. The number of hydrogen-bond acceptors (Lipinski definition) is 5. The largest absolute Gasteiger partial charge is 0.352 e. The van der Waals surface area contributed by atoms with Crippen molar-refractivity contribution in [1.29, 1.82) is 0 Å². The molecule has 1 aliphatic rings. The number of thiocarbonyl (C=S) groups is 1. The van der Waals surface area contributed by atoms with Crippen LogP contribution >= 0.6 is 12.2 Å². The molecule has 1 aromatic carbocycles. The Morgan fingerprint density at radius 1 is 1.21 bits per heavy atom. The predicted molar refractivity (Wildman–Crippen MR) is 111 cm³/mol. The zero-order valence-electron chi connectivity index (χ0n) is 16.7. The lowest BCUT2D eigenvalue weighted by Crippen LogP contribution is -2.51. The van der Waals surface area contributed by atoms with Crippen LogP contribution in [0.1, 0.15) is 38.7 Å². The van der Waals surface area contributed by atoms with E-state index in [1.165, 1.54) is 0 Å². The molecule has 0 aliphatic carbocycles. The molecule has 9 heteroatoms. The van der Waals surface area contributed by atoms with E-state index in [0.717, 1.165) is 17.0 Å². The van der Waals surface area contributed by atoms with Crippen molar-refractivity contribution in [3.05, 3.63) is 35.9 Å². The summed E-state index contributed by atoms with van der Waals surface area (Å²) in [5, 5.41) is 13.0. The molecule has 2 atom stereocenters. The molecule has 2 rings (SSSR count). The molecule has 0 unspecified atom stereocenters. The van der Waals surface area contributed by atoms with E-state index in [9.17, 15) is 19.6 Å². The van der Waals surface area contributed by atoms with Crippen LogP contribution < -0.4 is 16.2 Å². The lowest BCUT2D eigenvalue weighted by atomic mass is 9.81. The molecule has 1 aromatic rings. The van der Waals surface area contributed by atoms with E-state index < -0.39 is 23.7 Å². The number of nitrogens with zero attached hydrogens (tertiary/aromatic N) is 1. The van der Waals surface area contributed by atoms with Gasteiger partial charge in [-0.1, -0.05) is 44.2 Å². The Labute approximate surface area is 176 Å². The molecule has 1 fully saturated rings. The van der Waals surface area contributed by atoms with Gasteiger partial charge in [0, 0.05) is 0 Å². The van der Waals surface area contributed by atoms with Crippen LogP contribution in [0.25, 0.3) is 0 Å². The van der Waals surface area contributed by atoms with Crippen molar-refractivity contribution in [2.24, 2.45) is 17.8 Å². The number of aryl methyl sites for hydroxylation is 1. The first-order chi connectivity index (χ1) is 13.8. The minimum atomic E-state index is -0.731. The van der Waals surface area contributed by atoms with E-state index in [4.69, 9.17) is 12.2 Å². The van der Waals surface area contributed by atoms with Crippen LogP contribution in [-0.4, -0.2) is 39.6 Å². The van der Waals surface area contributed by atoms with Crippen LogP contribution in [0, 0.1) is 17.8 Å². The van der Waals surface area contributed by atoms with Gasteiger partial charge in [-0.05, 0) is 49.4 Å². The standard InChI is InChI=1S/C20H28N4O4S/c1-13(2)11-16(18(26)22-24-17(25)12-21-20(24)29)15(19(27)23-28)10-6-9-14-7-4-3-5-8-14/h3-5,7-8,13,15-16,28H,6,9-12H2,1-2H3,(H,21,29)(H,22,26)(H,23,27)/t15-,16+/m0/s1. The third kappa shape index (κ3) is 6.50. The average Bonchev–Trinajstić information content (AvgIpc) is 3.01. The third-order valence-corrected chi connectivity index (χ3v) is 5.21. The van der Waals surface area contributed by atoms with E-state index in [1.807, 2.05) is 44.2 Å². The van der Waals surface area contributed by atoms with Crippen LogP contribution in [0.15, 0.2) is 30.3 Å². The van der Waals surface area contributed by atoms with E-state index in [1.54, 1.807) is 5.48 Å². The fourth-order valence-corrected chi connectivity index (χ4v) is 3.68. The van der Waals surface area contributed by atoms with Crippen molar-refractivity contribution in [3.63, 3.8) is 0 Å². The van der Waals surface area contributed by atoms with E-state index in [0.29, 0.717) is 19.3 Å². The van der Waals surface area contributed by atoms with Crippen molar-refractivity contribution in [2.75, 3.05) is 6.54 Å². The number of amides is 3. The number of hydrazine groups is 1. The second-order valence-corrected chi connectivity index (χ2v) is 7.95. The normalized spacial score (nSPS) is 15.8. The summed E-state index contributed by atoms with van der Waals surface area (Å²) in [6, 6.07) is 9.85. The van der Waals surface area contributed by atoms with Gasteiger partial charge in [0.2, 0.25) is 11.8 Å². The monoisotopic (exact) mass is 420 g/mol. The van der Waals surface area contributed by atoms with Gasteiger partial charge >= 0.3 is 0 Å². The maximum atomic E-state index is 13.0. The fraction of sp³-hybridized carbons (Fsp3) is 0.500. The topological polar surface area (TPSA) is 111 Å². The van der Waals surface area contributed by atoms with Crippen LogP contribution in [-0.2, 0) is 20.8 Å². The number of carbonyl (C=O) groups excluding carboxylic acids is 3. The first-order valence-electron chi connectivity index (χ1n) is 9.72. The van der Waals surface area contributed by atoms with Crippen LogP contribution in [0.5, 0.6) is 0 Å². The molecule has 3 amide bonds. The predicted octanol–water partition coefficient (Wildman–Crippen LogP) is 1.54. The van der Waals surface area contributed by atoms with E-state index >= 15 is 0 Å². The first kappa shape index (κ1) is 22.8. The Balaban J connectivity index is 2.12. The molecule has 8 nitrogen and oxygen atoms in total. The molecule has 0 radical (unpaired) electrons. The van der Waals surface area contributed by atoms with Crippen molar-refractivity contribution in [2.45, 2.75) is 39.5 Å². The van der Waals surface area contributed by atoms with Gasteiger partial charge in [0.15, 0.2) is 5.11 Å².